The van der Waals surface area contributed by atoms with Crippen molar-refractivity contribution in [2.45, 2.75) is 44.9 Å². The summed E-state index contributed by atoms with van der Waals surface area (Å²) in [7, 11) is 0. The Balaban J connectivity index is 1.08. The van der Waals surface area contributed by atoms with Gasteiger partial charge in [-0.15, -0.1) is 0 Å². The molecule has 0 aromatic heterocycles. The second-order valence-corrected chi connectivity index (χ2v) is 16.0. The summed E-state index contributed by atoms with van der Waals surface area (Å²) in [6.07, 6.45) is 4.98. The van der Waals surface area contributed by atoms with Crippen molar-refractivity contribution in [3.8, 4) is 55.6 Å². The third kappa shape index (κ3) is 5.96. The molecule has 8 aromatic carbocycles. The van der Waals surface area contributed by atoms with Crippen LogP contribution in [-0.4, -0.2) is 0 Å². The average Bonchev–Trinajstić information content (AvgIpc) is 3.50. The number of hydrogen-bond acceptors (Lipinski definition) is 1. The number of hydrogen-bond donors (Lipinski definition) is 0. The van der Waals surface area contributed by atoms with Gasteiger partial charge in [0.1, 0.15) is 0 Å². The van der Waals surface area contributed by atoms with Gasteiger partial charge >= 0.3 is 0 Å². The van der Waals surface area contributed by atoms with Gasteiger partial charge in [-0.05, 0) is 140 Å². The molecule has 0 fully saturated rings. The molecule has 8 aromatic rings. The molecule has 0 unspecified atom stereocenters. The first kappa shape index (κ1) is 34.1. The van der Waals surface area contributed by atoms with Crippen LogP contribution < -0.4 is 4.90 Å². The van der Waals surface area contributed by atoms with Gasteiger partial charge in [-0.25, -0.2) is 0 Å². The molecular formula is C55H45N. The van der Waals surface area contributed by atoms with Crippen molar-refractivity contribution in [2.75, 3.05) is 4.90 Å². The van der Waals surface area contributed by atoms with Crippen molar-refractivity contribution < 1.29 is 0 Å². The Labute approximate surface area is 331 Å². The molecule has 0 saturated heterocycles. The lowest BCUT2D eigenvalue weighted by Crippen LogP contribution is -2.16. The van der Waals surface area contributed by atoms with E-state index in [0.717, 1.165) is 17.1 Å². The maximum absolute atomic E-state index is 2.44. The minimum Gasteiger partial charge on any atom is -0.310 e. The fraction of sp³-hybridized carbons (Fsp3) is 0.127. The fourth-order valence-corrected chi connectivity index (χ4v) is 9.33. The van der Waals surface area contributed by atoms with Crippen LogP contribution in [0.5, 0.6) is 0 Å². The number of nitrogens with zero attached hydrogens (tertiary/aromatic N) is 1. The second-order valence-electron chi connectivity index (χ2n) is 16.0. The molecule has 10 rings (SSSR count). The van der Waals surface area contributed by atoms with Crippen LogP contribution in [0.4, 0.5) is 17.1 Å². The number of rotatable bonds is 7. The Morgan fingerprint density at radius 3 is 1.54 bits per heavy atom. The monoisotopic (exact) mass is 719 g/mol. The summed E-state index contributed by atoms with van der Waals surface area (Å²) < 4.78 is 0. The molecule has 2 aliphatic rings. The molecule has 0 spiro atoms. The first-order valence-corrected chi connectivity index (χ1v) is 20.1. The van der Waals surface area contributed by atoms with Gasteiger partial charge in [-0.1, -0.05) is 166 Å². The highest BCUT2D eigenvalue weighted by Crippen LogP contribution is 2.53. The molecule has 0 aliphatic heterocycles. The van der Waals surface area contributed by atoms with E-state index in [1.54, 1.807) is 0 Å². The Hall–Kier alpha value is -6.44. The molecule has 0 bridgehead atoms. The molecule has 0 heterocycles. The van der Waals surface area contributed by atoms with Gasteiger partial charge in [0.15, 0.2) is 0 Å². The van der Waals surface area contributed by atoms with Crippen LogP contribution in [-0.2, 0) is 18.3 Å². The topological polar surface area (TPSA) is 3.24 Å². The van der Waals surface area contributed by atoms with E-state index in [1.165, 1.54) is 104 Å². The number of anilines is 3. The van der Waals surface area contributed by atoms with E-state index in [-0.39, 0.29) is 5.41 Å². The van der Waals surface area contributed by atoms with Crippen LogP contribution in [0, 0.1) is 0 Å². The lowest BCUT2D eigenvalue weighted by atomic mass is 9.81. The molecule has 270 valence electrons. The lowest BCUT2D eigenvalue weighted by molar-refractivity contribution is 0.660. The van der Waals surface area contributed by atoms with Gasteiger partial charge in [0, 0.05) is 22.5 Å². The minimum atomic E-state index is -0.154. The van der Waals surface area contributed by atoms with Crippen LogP contribution in [0.3, 0.4) is 0 Å². The van der Waals surface area contributed by atoms with Crippen molar-refractivity contribution in [1.29, 1.82) is 0 Å². The predicted octanol–water partition coefficient (Wildman–Crippen LogP) is 15.0. The summed E-state index contributed by atoms with van der Waals surface area (Å²) in [4.78, 5) is 2.43. The van der Waals surface area contributed by atoms with E-state index in [1.807, 2.05) is 0 Å². The molecule has 56 heavy (non-hydrogen) atoms. The Kier molecular flexibility index (Phi) is 8.52. The van der Waals surface area contributed by atoms with Crippen LogP contribution in [0.25, 0.3) is 55.6 Å². The summed E-state index contributed by atoms with van der Waals surface area (Å²) in [5.74, 6) is 0. The van der Waals surface area contributed by atoms with E-state index in [4.69, 9.17) is 0 Å². The number of aryl methyl sites for hydroxylation is 2. The smallest absolute Gasteiger partial charge is 0.0465 e. The van der Waals surface area contributed by atoms with Gasteiger partial charge in [0.25, 0.3) is 0 Å². The molecule has 1 heteroatoms. The van der Waals surface area contributed by atoms with Crippen LogP contribution in [0.2, 0.25) is 0 Å². The minimum absolute atomic E-state index is 0.154. The highest BCUT2D eigenvalue weighted by Gasteiger charge is 2.37. The van der Waals surface area contributed by atoms with Crippen molar-refractivity contribution in [1.82, 2.24) is 0 Å². The second kappa shape index (κ2) is 14.0. The van der Waals surface area contributed by atoms with Gasteiger partial charge in [0.2, 0.25) is 0 Å². The van der Waals surface area contributed by atoms with E-state index in [2.05, 4.69) is 207 Å². The maximum Gasteiger partial charge on any atom is 0.0465 e. The Morgan fingerprint density at radius 1 is 0.357 bits per heavy atom. The lowest BCUT2D eigenvalue weighted by Gasteiger charge is -2.28. The molecule has 0 amide bonds. The van der Waals surface area contributed by atoms with E-state index >= 15 is 0 Å². The largest absolute Gasteiger partial charge is 0.310 e. The van der Waals surface area contributed by atoms with E-state index in [9.17, 15) is 0 Å². The van der Waals surface area contributed by atoms with E-state index in [0.29, 0.717) is 0 Å². The standard InChI is InChI=1S/C55H45N/c1-55(2)52-23-13-22-50(41-17-7-4-8-18-41)54(52)51-35-34-47(37-53(51)55)56(45-30-26-39(27-31-45)44-25-24-38-14-9-10-19-43(38)36-44)46-32-28-42(29-33-46)49-21-12-11-20-48(49)40-15-5-3-6-16-40/h3-8,11-13,15-18,20-37H,9-10,14,19H2,1-2H3. The summed E-state index contributed by atoms with van der Waals surface area (Å²) in [5.41, 5.74) is 21.8. The highest BCUT2D eigenvalue weighted by molar-refractivity contribution is 5.94. The van der Waals surface area contributed by atoms with Crippen LogP contribution in [0.1, 0.15) is 48.9 Å². The van der Waals surface area contributed by atoms with Gasteiger partial charge < -0.3 is 4.90 Å². The third-order valence-electron chi connectivity index (χ3n) is 12.3. The molecule has 0 atom stereocenters. The molecule has 1 nitrogen and oxygen atoms in total. The number of fused-ring (bicyclic) bond motifs is 4. The first-order valence-electron chi connectivity index (χ1n) is 20.1. The SMILES string of the molecule is CC1(C)c2cc(N(c3ccc(-c4ccc5c(c4)CCCC5)cc3)c3ccc(-c4ccccc4-c4ccccc4)cc3)ccc2-c2c(-c3ccccc3)cccc21. The normalized spacial score (nSPS) is 13.8. The van der Waals surface area contributed by atoms with Gasteiger partial charge in [-0.2, -0.15) is 0 Å². The molecule has 0 saturated carbocycles. The van der Waals surface area contributed by atoms with Crippen molar-refractivity contribution >= 4 is 17.1 Å². The predicted molar refractivity (Wildman–Crippen MR) is 237 cm³/mol. The van der Waals surface area contributed by atoms with Crippen molar-refractivity contribution in [3.05, 3.63) is 210 Å². The van der Waals surface area contributed by atoms with Crippen LogP contribution in [0.15, 0.2) is 188 Å². The molecule has 2 aliphatic carbocycles. The van der Waals surface area contributed by atoms with Crippen molar-refractivity contribution in [2.24, 2.45) is 0 Å². The summed E-state index contributed by atoms with van der Waals surface area (Å²) in [6.45, 7) is 4.76. The summed E-state index contributed by atoms with van der Waals surface area (Å²) in [6, 6.07) is 69.7. The third-order valence-corrected chi connectivity index (χ3v) is 12.3. The fourth-order valence-electron chi connectivity index (χ4n) is 9.33. The molecule has 0 N–H and O–H groups in total. The Bertz CT molecular complexity index is 2690. The van der Waals surface area contributed by atoms with Gasteiger partial charge in [-0.3, -0.25) is 0 Å². The zero-order valence-electron chi connectivity index (χ0n) is 32.2. The first-order chi connectivity index (χ1) is 27.5. The molecule has 0 radical (unpaired) electrons. The maximum atomic E-state index is 2.44. The zero-order chi connectivity index (χ0) is 37.6. The van der Waals surface area contributed by atoms with Crippen molar-refractivity contribution in [3.63, 3.8) is 0 Å². The number of benzene rings is 8. The summed E-state index contributed by atoms with van der Waals surface area (Å²) in [5, 5.41) is 0. The van der Waals surface area contributed by atoms with E-state index < -0.39 is 0 Å². The molecular weight excluding hydrogens is 675 g/mol. The average molecular weight is 720 g/mol. The highest BCUT2D eigenvalue weighted by atomic mass is 15.1. The summed E-state index contributed by atoms with van der Waals surface area (Å²) >= 11 is 0. The Morgan fingerprint density at radius 2 is 0.875 bits per heavy atom. The zero-order valence-corrected chi connectivity index (χ0v) is 32.2. The van der Waals surface area contributed by atoms with Crippen LogP contribution >= 0.6 is 0 Å². The quantitative estimate of drug-likeness (QED) is 0.159. The van der Waals surface area contributed by atoms with Gasteiger partial charge in [0.05, 0.1) is 0 Å².